The highest BCUT2D eigenvalue weighted by Gasteiger charge is 2.32. The van der Waals surface area contributed by atoms with E-state index < -0.39 is 21.8 Å². The van der Waals surface area contributed by atoms with Gasteiger partial charge in [-0.1, -0.05) is 11.6 Å². The molecule has 0 radical (unpaired) electrons. The van der Waals surface area contributed by atoms with Gasteiger partial charge in [-0.05, 0) is 24.8 Å². The minimum absolute atomic E-state index is 0.0560. The summed E-state index contributed by atoms with van der Waals surface area (Å²) in [6.07, 6.45) is -2.61. The molecule has 2 heterocycles. The van der Waals surface area contributed by atoms with Crippen molar-refractivity contribution in [3.63, 3.8) is 0 Å². The van der Waals surface area contributed by atoms with Crippen LogP contribution in [0.15, 0.2) is 12.3 Å². The number of nitrogens with zero attached hydrogens (tertiary/aromatic N) is 2. The summed E-state index contributed by atoms with van der Waals surface area (Å²) < 4.78 is 59.8. The van der Waals surface area contributed by atoms with E-state index in [0.29, 0.717) is 25.9 Å². The monoisotopic (exact) mass is 357 g/mol. The Labute approximate surface area is 131 Å². The summed E-state index contributed by atoms with van der Waals surface area (Å²) in [6, 6.07) is 0.848. The lowest BCUT2D eigenvalue weighted by atomic mass is 9.99. The number of hydrogen-bond donors (Lipinski definition) is 1. The van der Waals surface area contributed by atoms with Crippen molar-refractivity contribution in [3.8, 4) is 0 Å². The molecule has 22 heavy (non-hydrogen) atoms. The van der Waals surface area contributed by atoms with Crippen LogP contribution in [-0.2, 0) is 16.2 Å². The van der Waals surface area contributed by atoms with Gasteiger partial charge in [0.2, 0.25) is 10.0 Å². The van der Waals surface area contributed by atoms with E-state index >= 15 is 0 Å². The van der Waals surface area contributed by atoms with Gasteiger partial charge in [0.1, 0.15) is 5.82 Å². The Bertz CT molecular complexity index is 644. The van der Waals surface area contributed by atoms with Gasteiger partial charge in [-0.3, -0.25) is 0 Å². The molecule has 0 spiro atoms. The first-order valence-electron chi connectivity index (χ1n) is 6.54. The number of primary sulfonamides is 1. The summed E-state index contributed by atoms with van der Waals surface area (Å²) in [6.45, 7) is 0.941. The summed E-state index contributed by atoms with van der Waals surface area (Å²) in [5.74, 6) is 0.137. The molecule has 124 valence electrons. The van der Waals surface area contributed by atoms with Crippen molar-refractivity contribution in [2.75, 3.05) is 23.7 Å². The molecule has 1 aliphatic heterocycles. The number of rotatable bonds is 3. The van der Waals surface area contributed by atoms with Gasteiger partial charge >= 0.3 is 6.18 Å². The molecule has 0 bridgehead atoms. The molecule has 10 heteroatoms. The number of alkyl halides is 3. The third kappa shape index (κ3) is 4.47. The third-order valence-electron chi connectivity index (χ3n) is 3.53. The lowest BCUT2D eigenvalue weighted by Gasteiger charge is -2.33. The topological polar surface area (TPSA) is 76.3 Å². The second-order valence-corrected chi connectivity index (χ2v) is 7.35. The largest absolute Gasteiger partial charge is 0.417 e. The van der Waals surface area contributed by atoms with Gasteiger partial charge < -0.3 is 4.90 Å². The Morgan fingerprint density at radius 2 is 1.95 bits per heavy atom. The number of aromatic nitrogens is 1. The lowest BCUT2D eigenvalue weighted by molar-refractivity contribution is -0.137. The van der Waals surface area contributed by atoms with Gasteiger partial charge in [-0.2, -0.15) is 13.2 Å². The zero-order valence-electron chi connectivity index (χ0n) is 11.5. The Morgan fingerprint density at radius 1 is 1.36 bits per heavy atom. The first-order chi connectivity index (χ1) is 10.1. The summed E-state index contributed by atoms with van der Waals surface area (Å²) in [7, 11) is -3.52. The molecule has 1 saturated heterocycles. The maximum Gasteiger partial charge on any atom is 0.417 e. The van der Waals surface area contributed by atoms with Crippen LogP contribution in [0.4, 0.5) is 19.0 Å². The number of sulfonamides is 1. The number of piperidine rings is 1. The molecular weight excluding hydrogens is 343 g/mol. The first-order valence-corrected chi connectivity index (χ1v) is 8.64. The molecule has 5 nitrogen and oxygen atoms in total. The van der Waals surface area contributed by atoms with E-state index in [1.807, 2.05) is 0 Å². The molecule has 1 aliphatic rings. The van der Waals surface area contributed by atoms with Crippen molar-refractivity contribution >= 4 is 27.4 Å². The van der Waals surface area contributed by atoms with Gasteiger partial charge in [0, 0.05) is 19.3 Å². The van der Waals surface area contributed by atoms with Crippen molar-refractivity contribution in [1.29, 1.82) is 0 Å². The molecule has 0 unspecified atom stereocenters. The number of hydrogen-bond acceptors (Lipinski definition) is 4. The molecule has 0 amide bonds. The highest BCUT2D eigenvalue weighted by molar-refractivity contribution is 7.89. The fourth-order valence-electron chi connectivity index (χ4n) is 2.46. The van der Waals surface area contributed by atoms with Crippen molar-refractivity contribution in [3.05, 3.63) is 22.8 Å². The van der Waals surface area contributed by atoms with E-state index in [4.69, 9.17) is 16.7 Å². The summed E-state index contributed by atoms with van der Waals surface area (Å²) in [4.78, 5) is 5.55. The van der Waals surface area contributed by atoms with E-state index in [9.17, 15) is 21.6 Å². The summed E-state index contributed by atoms with van der Waals surface area (Å²) >= 11 is 5.89. The minimum Gasteiger partial charge on any atom is -0.355 e. The molecule has 0 atom stereocenters. The van der Waals surface area contributed by atoms with Crippen molar-refractivity contribution in [1.82, 2.24) is 4.98 Å². The predicted octanol–water partition coefficient (Wildman–Crippen LogP) is 2.26. The van der Waals surface area contributed by atoms with Crippen LogP contribution in [0.25, 0.3) is 0 Å². The van der Waals surface area contributed by atoms with E-state index in [-0.39, 0.29) is 22.5 Å². The number of nitrogens with two attached hydrogens (primary N) is 1. The average Bonchev–Trinajstić information content (AvgIpc) is 2.37. The van der Waals surface area contributed by atoms with Crippen molar-refractivity contribution < 1.29 is 21.6 Å². The van der Waals surface area contributed by atoms with Crippen LogP contribution in [0, 0.1) is 5.92 Å². The Morgan fingerprint density at radius 3 is 2.41 bits per heavy atom. The minimum atomic E-state index is -4.49. The zero-order valence-corrected chi connectivity index (χ0v) is 13.0. The molecule has 2 rings (SSSR count). The summed E-state index contributed by atoms with van der Waals surface area (Å²) in [5, 5.41) is 4.94. The van der Waals surface area contributed by atoms with E-state index in [0.717, 1.165) is 12.3 Å². The molecule has 2 N–H and O–H groups in total. The van der Waals surface area contributed by atoms with Gasteiger partial charge in [-0.15, -0.1) is 0 Å². The number of pyridine rings is 1. The number of halogens is 4. The Hall–Kier alpha value is -1.06. The second-order valence-electron chi connectivity index (χ2n) is 5.29. The van der Waals surface area contributed by atoms with Gasteiger partial charge in [-0.25, -0.2) is 18.5 Å². The maximum atomic E-state index is 12.6. The van der Waals surface area contributed by atoms with Crippen LogP contribution < -0.4 is 10.0 Å². The van der Waals surface area contributed by atoms with Crippen LogP contribution in [0.1, 0.15) is 18.4 Å². The normalized spacial score (nSPS) is 17.8. The van der Waals surface area contributed by atoms with E-state index in [1.165, 1.54) is 0 Å². The second kappa shape index (κ2) is 6.21. The standard InChI is InChI=1S/C12H15ClF3N3O2S/c13-10-5-9(12(14,15)16)6-18-11(10)19-3-1-8(2-4-19)7-22(17,20)21/h5-6,8H,1-4,7H2,(H2,17,20,21). The SMILES string of the molecule is NS(=O)(=O)CC1CCN(c2ncc(C(F)(F)F)cc2Cl)CC1. The first kappa shape index (κ1) is 17.3. The zero-order chi connectivity index (χ0) is 16.5. The molecule has 0 aromatic carbocycles. The van der Waals surface area contributed by atoms with Gasteiger partial charge in [0.05, 0.1) is 16.3 Å². The smallest absolute Gasteiger partial charge is 0.355 e. The number of anilines is 1. The Balaban J connectivity index is 2.06. The van der Waals surface area contributed by atoms with Crippen molar-refractivity contribution in [2.45, 2.75) is 19.0 Å². The van der Waals surface area contributed by atoms with Gasteiger partial charge in [0.25, 0.3) is 0 Å². The predicted molar refractivity (Wildman–Crippen MR) is 77.2 cm³/mol. The molecule has 1 fully saturated rings. The lowest BCUT2D eigenvalue weighted by Crippen LogP contribution is -2.37. The fraction of sp³-hybridized carbons (Fsp3) is 0.583. The molecule has 1 aromatic heterocycles. The van der Waals surface area contributed by atoms with Crippen molar-refractivity contribution in [2.24, 2.45) is 11.1 Å². The molecule has 0 saturated carbocycles. The maximum absolute atomic E-state index is 12.6. The highest BCUT2D eigenvalue weighted by Crippen LogP contribution is 2.34. The molecular formula is C12H15ClF3N3O2S. The van der Waals surface area contributed by atoms with E-state index in [2.05, 4.69) is 4.98 Å². The van der Waals surface area contributed by atoms with Gasteiger partial charge in [0.15, 0.2) is 0 Å². The van der Waals surface area contributed by atoms with Crippen LogP contribution in [0.5, 0.6) is 0 Å². The molecule has 1 aromatic rings. The van der Waals surface area contributed by atoms with E-state index in [1.54, 1.807) is 4.90 Å². The summed E-state index contributed by atoms with van der Waals surface area (Å²) in [5.41, 5.74) is -0.898. The van der Waals surface area contributed by atoms with Crippen LogP contribution in [0.2, 0.25) is 5.02 Å². The Kier molecular flexibility index (Phi) is 4.88. The molecule has 0 aliphatic carbocycles. The van der Waals surface area contributed by atoms with Crippen LogP contribution >= 0.6 is 11.6 Å². The average molecular weight is 358 g/mol. The quantitative estimate of drug-likeness (QED) is 0.900. The van der Waals surface area contributed by atoms with Crippen LogP contribution in [0.3, 0.4) is 0 Å². The van der Waals surface area contributed by atoms with Crippen LogP contribution in [-0.4, -0.2) is 32.2 Å². The third-order valence-corrected chi connectivity index (χ3v) is 4.75. The fourth-order valence-corrected chi connectivity index (χ4v) is 3.73. The highest BCUT2D eigenvalue weighted by atomic mass is 35.5.